The Labute approximate surface area is 92.2 Å². The molecule has 0 N–H and O–H groups in total. The van der Waals surface area contributed by atoms with Crippen molar-refractivity contribution in [3.8, 4) is 0 Å². The van der Waals surface area contributed by atoms with Crippen LogP contribution in [0.15, 0.2) is 30.6 Å². The first kappa shape index (κ1) is 12.3. The van der Waals surface area contributed by atoms with Gasteiger partial charge in [0.25, 0.3) is 0 Å². The molecule has 0 amide bonds. The molecule has 13 heavy (non-hydrogen) atoms. The Balaban J connectivity index is 2.96. The molecule has 8 heteroatoms. The van der Waals surface area contributed by atoms with Gasteiger partial charge in [-0.05, 0) is 0 Å². The summed E-state index contributed by atoms with van der Waals surface area (Å²) in [4.78, 5) is 0. The maximum atomic E-state index is 5.59. The number of rotatable bonds is 2. The molecule has 0 fully saturated rings. The van der Waals surface area contributed by atoms with Crippen LogP contribution in [-0.2, 0) is 0 Å². The summed E-state index contributed by atoms with van der Waals surface area (Å²) in [5, 5.41) is 0. The molecule has 2 nitrogen and oxygen atoms in total. The number of halogens is 5. The van der Waals surface area contributed by atoms with Gasteiger partial charge in [0, 0.05) is 0 Å². The summed E-state index contributed by atoms with van der Waals surface area (Å²) in [6, 6.07) is 5.13. The van der Waals surface area contributed by atoms with Crippen molar-refractivity contribution in [3.63, 3.8) is 0 Å². The summed E-state index contributed by atoms with van der Waals surface area (Å²) < 4.78 is 6.07. The zero-order valence-electron chi connectivity index (χ0n) is 6.08. The van der Waals surface area contributed by atoms with E-state index in [1.807, 2.05) is 0 Å². The Hall–Kier alpha value is 1.22. The first-order valence-electron chi connectivity index (χ1n) is 3.06. The van der Waals surface area contributed by atoms with Gasteiger partial charge in [0.15, 0.2) is 0 Å². The predicted molar refractivity (Wildman–Crippen MR) is 58.2 cm³/mol. The van der Waals surface area contributed by atoms with Crippen LogP contribution in [0.1, 0.15) is 0 Å². The first-order valence-corrected chi connectivity index (χ1v) is 20.3. The molecule has 0 spiro atoms. The molecule has 1 aromatic rings. The second-order valence-corrected chi connectivity index (χ2v) is 47.3. The van der Waals surface area contributed by atoms with Crippen molar-refractivity contribution in [1.82, 2.24) is 0 Å². The van der Waals surface area contributed by atoms with Crippen molar-refractivity contribution < 1.29 is 7.85 Å². The quantitative estimate of drug-likeness (QED) is 0.556. The zero-order valence-corrected chi connectivity index (χ0v) is 12.4. The molecular formula is C5H5Cl5NOSb. The number of hydrogen-bond acceptors (Lipinski definition) is 1. The fourth-order valence-corrected chi connectivity index (χ4v) is 4.33. The second kappa shape index (κ2) is 3.10. The minimum atomic E-state index is -5.85. The fourth-order valence-electron chi connectivity index (χ4n) is 0.615. The van der Waals surface area contributed by atoms with Gasteiger partial charge >= 0.3 is 93.3 Å². The molecule has 1 heterocycles. The monoisotopic (exact) mass is 391 g/mol. The number of hydrogen-bond donors (Lipinski definition) is 0. The molecule has 0 aliphatic heterocycles. The third-order valence-corrected chi connectivity index (χ3v) is 4.43. The van der Waals surface area contributed by atoms with Gasteiger partial charge in [0.2, 0.25) is 0 Å². The van der Waals surface area contributed by atoms with E-state index in [1.54, 1.807) is 18.2 Å². The SMILES string of the molecule is [Cl][Sb-]([Cl])([Cl])([Cl])([Cl])[O][n+]1ccccc1. The summed E-state index contributed by atoms with van der Waals surface area (Å²) in [6.07, 6.45) is 3.03. The summed E-state index contributed by atoms with van der Waals surface area (Å²) in [5.74, 6) is 0. The Morgan fingerprint density at radius 2 is 1.31 bits per heavy atom. The third-order valence-electron chi connectivity index (χ3n) is 0.937. The Bertz CT molecular complexity index is 307. The molecule has 0 aromatic carbocycles. The van der Waals surface area contributed by atoms with Crippen LogP contribution in [0.5, 0.6) is 0 Å². The number of nitrogens with zero attached hydrogens (tertiary/aromatic N) is 1. The van der Waals surface area contributed by atoms with Crippen molar-refractivity contribution in [3.05, 3.63) is 30.6 Å². The van der Waals surface area contributed by atoms with E-state index in [9.17, 15) is 0 Å². The molecule has 0 bridgehead atoms. The Morgan fingerprint density at radius 3 is 1.69 bits per heavy atom. The van der Waals surface area contributed by atoms with Crippen molar-refractivity contribution in [2.45, 2.75) is 0 Å². The van der Waals surface area contributed by atoms with Crippen LogP contribution >= 0.6 is 44.1 Å². The molecule has 0 saturated carbocycles. The number of pyridine rings is 1. The molecule has 0 aliphatic rings. The second-order valence-electron chi connectivity index (χ2n) is 2.30. The maximum absolute atomic E-state index is 5.85. The van der Waals surface area contributed by atoms with Gasteiger partial charge in [0.05, 0.1) is 0 Å². The van der Waals surface area contributed by atoms with Crippen molar-refractivity contribution in [2.24, 2.45) is 0 Å². The van der Waals surface area contributed by atoms with Gasteiger partial charge in [-0.1, -0.05) is 0 Å². The molecule has 1 aromatic heterocycles. The summed E-state index contributed by atoms with van der Waals surface area (Å²) in [6.45, 7) is 0. The van der Waals surface area contributed by atoms with Crippen LogP contribution in [-0.4, -0.2) is 10.7 Å². The first-order chi connectivity index (χ1) is 5.55. The van der Waals surface area contributed by atoms with Crippen LogP contribution in [0.3, 0.4) is 0 Å². The van der Waals surface area contributed by atoms with Gasteiger partial charge in [-0.3, -0.25) is 0 Å². The minimum absolute atomic E-state index is 1.15. The van der Waals surface area contributed by atoms with E-state index in [1.165, 1.54) is 12.4 Å². The Morgan fingerprint density at radius 1 is 0.846 bits per heavy atom. The average Bonchev–Trinajstić information content (AvgIpc) is 1.82. The molecule has 76 valence electrons. The Kier molecular flexibility index (Phi) is 2.93. The topological polar surface area (TPSA) is 13.1 Å². The van der Waals surface area contributed by atoms with Crippen molar-refractivity contribution in [1.29, 1.82) is 0 Å². The predicted octanol–water partition coefficient (Wildman–Crippen LogP) is 2.93. The fraction of sp³-hybridized carbons (Fsp3) is 0. The van der Waals surface area contributed by atoms with Crippen LogP contribution in [0.25, 0.3) is 0 Å². The third kappa shape index (κ3) is 6.32. The summed E-state index contributed by atoms with van der Waals surface area (Å²) >= 11 is 0. The summed E-state index contributed by atoms with van der Waals surface area (Å²) in [5.41, 5.74) is 0. The molecule has 0 saturated heterocycles. The van der Waals surface area contributed by atoms with Crippen LogP contribution in [0, 0.1) is 0 Å². The molecular weight excluding hydrogens is 389 g/mol. The van der Waals surface area contributed by atoms with Crippen molar-refractivity contribution >= 4 is 54.8 Å². The van der Waals surface area contributed by atoms with Crippen LogP contribution in [0.4, 0.5) is 0 Å². The molecule has 0 unspecified atom stereocenters. The zero-order chi connectivity index (χ0) is 10.2. The van der Waals surface area contributed by atoms with E-state index >= 15 is 0 Å². The van der Waals surface area contributed by atoms with Gasteiger partial charge < -0.3 is 0 Å². The van der Waals surface area contributed by atoms with Crippen LogP contribution < -0.4 is 7.85 Å². The van der Waals surface area contributed by atoms with E-state index in [2.05, 4.69) is 0 Å². The molecule has 0 radical (unpaired) electrons. The van der Waals surface area contributed by atoms with Gasteiger partial charge in [-0.25, -0.2) is 0 Å². The van der Waals surface area contributed by atoms with E-state index in [-0.39, 0.29) is 0 Å². The van der Waals surface area contributed by atoms with E-state index in [0.29, 0.717) is 0 Å². The molecule has 0 aliphatic carbocycles. The standard InChI is InChI=1S/C5H5NO.5ClH.Sb/c7-6-4-2-1-3-5-6;;;;;;/h1-5H;5*1H;/q;;;;;;+5/p-5. The van der Waals surface area contributed by atoms with Crippen molar-refractivity contribution in [2.75, 3.05) is 0 Å². The normalized spacial score (nSPS) is 17.3. The molecule has 1 rings (SSSR count). The van der Waals surface area contributed by atoms with Gasteiger partial charge in [0.1, 0.15) is 0 Å². The van der Waals surface area contributed by atoms with E-state index in [4.69, 9.17) is 47.3 Å². The molecule has 0 atom stereocenters. The van der Waals surface area contributed by atoms with Gasteiger partial charge in [-0.15, -0.1) is 0 Å². The van der Waals surface area contributed by atoms with E-state index < -0.39 is 10.7 Å². The van der Waals surface area contributed by atoms with E-state index in [0.717, 1.165) is 4.73 Å². The number of aromatic nitrogens is 1. The van der Waals surface area contributed by atoms with Gasteiger partial charge in [-0.2, -0.15) is 0 Å². The average molecular weight is 394 g/mol. The van der Waals surface area contributed by atoms with Crippen LogP contribution in [0.2, 0.25) is 0 Å². The summed E-state index contributed by atoms with van der Waals surface area (Å²) in [7, 11) is 22.1.